The molecule has 20 heavy (non-hydrogen) atoms. The van der Waals surface area contributed by atoms with Crippen LogP contribution in [0.5, 0.6) is 11.5 Å². The lowest BCUT2D eigenvalue weighted by Crippen LogP contribution is -2.29. The fraction of sp³-hybridized carbons (Fsp3) is 0.267. The molecule has 2 aromatic rings. The number of rotatable bonds is 6. The van der Waals surface area contributed by atoms with Gasteiger partial charge in [0.1, 0.15) is 5.76 Å². The Balaban J connectivity index is 2.03. The van der Waals surface area contributed by atoms with Crippen molar-refractivity contribution >= 4 is 5.78 Å². The second-order valence-corrected chi connectivity index (χ2v) is 4.51. The summed E-state index contributed by atoms with van der Waals surface area (Å²) < 4.78 is 5.26. The molecule has 0 amide bonds. The first-order valence-corrected chi connectivity index (χ1v) is 6.40. The highest BCUT2D eigenvalue weighted by atomic mass is 16.3. The van der Waals surface area contributed by atoms with Crippen LogP contribution in [-0.2, 0) is 6.54 Å². The first-order chi connectivity index (χ1) is 9.60. The molecule has 0 spiro atoms. The number of Topliss-reactive ketones (excluding diaryl/α,β-unsaturated/α-hetero) is 1. The Labute approximate surface area is 117 Å². The topological polar surface area (TPSA) is 73.9 Å². The number of hydrogen-bond donors (Lipinski definition) is 2. The molecule has 0 radical (unpaired) electrons. The van der Waals surface area contributed by atoms with Gasteiger partial charge in [0.05, 0.1) is 19.4 Å². The van der Waals surface area contributed by atoms with Gasteiger partial charge in [0.15, 0.2) is 17.3 Å². The molecular weight excluding hydrogens is 258 g/mol. The number of nitrogens with zero attached hydrogens (tertiary/aromatic N) is 1. The van der Waals surface area contributed by atoms with Crippen molar-refractivity contribution < 1.29 is 19.4 Å². The minimum Gasteiger partial charge on any atom is -0.504 e. The minimum atomic E-state index is -0.287. The summed E-state index contributed by atoms with van der Waals surface area (Å²) in [7, 11) is 0. The first-order valence-electron chi connectivity index (χ1n) is 6.40. The van der Waals surface area contributed by atoms with E-state index in [-0.39, 0.29) is 23.8 Å². The van der Waals surface area contributed by atoms with Crippen molar-refractivity contribution in [2.75, 3.05) is 13.1 Å². The highest BCUT2D eigenvalue weighted by molar-refractivity contribution is 5.98. The third-order valence-electron chi connectivity index (χ3n) is 3.07. The SMILES string of the molecule is CCN(CC(=O)c1ccc(O)c(O)c1)Cc1ccco1. The Bertz CT molecular complexity index is 578. The number of phenols is 2. The van der Waals surface area contributed by atoms with Gasteiger partial charge in [0, 0.05) is 5.56 Å². The third kappa shape index (κ3) is 3.39. The van der Waals surface area contributed by atoms with E-state index in [9.17, 15) is 15.0 Å². The van der Waals surface area contributed by atoms with Crippen LogP contribution in [0.3, 0.4) is 0 Å². The third-order valence-corrected chi connectivity index (χ3v) is 3.07. The lowest BCUT2D eigenvalue weighted by molar-refractivity contribution is 0.0924. The molecule has 1 aromatic carbocycles. The number of likely N-dealkylation sites (N-methyl/N-ethyl adjacent to an activating group) is 1. The second-order valence-electron chi connectivity index (χ2n) is 4.51. The van der Waals surface area contributed by atoms with E-state index in [0.29, 0.717) is 18.7 Å². The number of carbonyl (C=O) groups is 1. The van der Waals surface area contributed by atoms with Gasteiger partial charge in [-0.1, -0.05) is 6.92 Å². The molecule has 5 heteroatoms. The number of ketones is 1. The minimum absolute atomic E-state index is 0.117. The molecule has 1 heterocycles. The Morgan fingerprint density at radius 2 is 2.05 bits per heavy atom. The van der Waals surface area contributed by atoms with Crippen LogP contribution in [0.25, 0.3) is 0 Å². The van der Waals surface area contributed by atoms with E-state index in [1.54, 1.807) is 6.26 Å². The Hall–Kier alpha value is -2.27. The fourth-order valence-corrected chi connectivity index (χ4v) is 1.89. The number of hydrogen-bond acceptors (Lipinski definition) is 5. The van der Waals surface area contributed by atoms with Crippen molar-refractivity contribution in [1.29, 1.82) is 0 Å². The molecular formula is C15H17NO4. The predicted molar refractivity (Wildman–Crippen MR) is 73.8 cm³/mol. The molecule has 0 aliphatic carbocycles. The summed E-state index contributed by atoms with van der Waals surface area (Å²) >= 11 is 0. The average molecular weight is 275 g/mol. The Morgan fingerprint density at radius 1 is 1.25 bits per heavy atom. The Kier molecular flexibility index (Phi) is 4.42. The molecule has 0 unspecified atom stereocenters. The van der Waals surface area contributed by atoms with Crippen LogP contribution < -0.4 is 0 Å². The molecule has 0 atom stereocenters. The van der Waals surface area contributed by atoms with Gasteiger partial charge in [-0.3, -0.25) is 9.69 Å². The van der Waals surface area contributed by atoms with E-state index in [2.05, 4.69) is 0 Å². The standard InChI is InChI=1S/C15H17NO4/c1-2-16(9-12-4-3-7-20-12)10-15(19)11-5-6-13(17)14(18)8-11/h3-8,17-18H,2,9-10H2,1H3. The fourth-order valence-electron chi connectivity index (χ4n) is 1.89. The van der Waals surface area contributed by atoms with E-state index in [1.807, 2.05) is 24.0 Å². The normalized spacial score (nSPS) is 10.9. The number of phenolic OH excluding ortho intramolecular Hbond substituents is 2. The zero-order valence-electron chi connectivity index (χ0n) is 11.2. The monoisotopic (exact) mass is 275 g/mol. The zero-order chi connectivity index (χ0) is 14.5. The van der Waals surface area contributed by atoms with Gasteiger partial charge in [0.25, 0.3) is 0 Å². The van der Waals surface area contributed by atoms with Gasteiger partial charge < -0.3 is 14.6 Å². The maximum Gasteiger partial charge on any atom is 0.176 e. The Morgan fingerprint density at radius 3 is 2.65 bits per heavy atom. The summed E-state index contributed by atoms with van der Waals surface area (Å²) in [5.74, 6) is 0.163. The van der Waals surface area contributed by atoms with E-state index in [0.717, 1.165) is 5.76 Å². The van der Waals surface area contributed by atoms with Crippen LogP contribution >= 0.6 is 0 Å². The van der Waals surface area contributed by atoms with Crippen molar-refractivity contribution in [2.45, 2.75) is 13.5 Å². The molecule has 2 N–H and O–H groups in total. The van der Waals surface area contributed by atoms with Gasteiger partial charge >= 0.3 is 0 Å². The van der Waals surface area contributed by atoms with Gasteiger partial charge in [-0.05, 0) is 36.9 Å². The molecule has 0 bridgehead atoms. The molecule has 0 saturated heterocycles. The van der Waals surface area contributed by atoms with Crippen molar-refractivity contribution in [3.63, 3.8) is 0 Å². The molecule has 0 saturated carbocycles. The molecule has 0 aliphatic heterocycles. The molecule has 0 fully saturated rings. The summed E-state index contributed by atoms with van der Waals surface area (Å²) in [6.45, 7) is 3.45. The van der Waals surface area contributed by atoms with Crippen LogP contribution in [0, 0.1) is 0 Å². The van der Waals surface area contributed by atoms with E-state index in [4.69, 9.17) is 4.42 Å². The second kappa shape index (κ2) is 6.25. The van der Waals surface area contributed by atoms with Gasteiger partial charge in [-0.2, -0.15) is 0 Å². The predicted octanol–water partition coefficient (Wildman–Crippen LogP) is 2.40. The van der Waals surface area contributed by atoms with Crippen LogP contribution in [0.1, 0.15) is 23.0 Å². The maximum atomic E-state index is 12.1. The molecule has 5 nitrogen and oxygen atoms in total. The van der Waals surface area contributed by atoms with Crippen LogP contribution in [-0.4, -0.2) is 34.0 Å². The lowest BCUT2D eigenvalue weighted by Gasteiger charge is -2.18. The van der Waals surface area contributed by atoms with Crippen LogP contribution in [0.15, 0.2) is 41.0 Å². The zero-order valence-corrected chi connectivity index (χ0v) is 11.2. The van der Waals surface area contributed by atoms with Crippen molar-refractivity contribution in [3.05, 3.63) is 47.9 Å². The number of furan rings is 1. The first kappa shape index (κ1) is 14.1. The van der Waals surface area contributed by atoms with Crippen molar-refractivity contribution in [2.24, 2.45) is 0 Å². The van der Waals surface area contributed by atoms with Gasteiger partial charge in [0.2, 0.25) is 0 Å². The quantitative estimate of drug-likeness (QED) is 0.625. The number of aromatic hydroxyl groups is 2. The molecule has 106 valence electrons. The smallest absolute Gasteiger partial charge is 0.176 e. The van der Waals surface area contributed by atoms with Gasteiger partial charge in [-0.25, -0.2) is 0 Å². The van der Waals surface area contributed by atoms with E-state index in [1.165, 1.54) is 18.2 Å². The summed E-state index contributed by atoms with van der Waals surface area (Å²) in [5, 5.41) is 18.7. The summed E-state index contributed by atoms with van der Waals surface area (Å²) in [5.41, 5.74) is 0.373. The molecule has 1 aromatic heterocycles. The van der Waals surface area contributed by atoms with Gasteiger partial charge in [-0.15, -0.1) is 0 Å². The van der Waals surface area contributed by atoms with E-state index < -0.39 is 0 Å². The van der Waals surface area contributed by atoms with Crippen molar-refractivity contribution in [1.82, 2.24) is 4.90 Å². The molecule has 2 rings (SSSR count). The summed E-state index contributed by atoms with van der Waals surface area (Å²) in [6, 6.07) is 7.75. The lowest BCUT2D eigenvalue weighted by atomic mass is 10.1. The van der Waals surface area contributed by atoms with Crippen LogP contribution in [0.4, 0.5) is 0 Å². The highest BCUT2D eigenvalue weighted by Crippen LogP contribution is 2.25. The number of carbonyl (C=O) groups excluding carboxylic acids is 1. The molecule has 0 aliphatic rings. The summed E-state index contributed by atoms with van der Waals surface area (Å²) in [4.78, 5) is 14.1. The highest BCUT2D eigenvalue weighted by Gasteiger charge is 2.14. The average Bonchev–Trinajstić information content (AvgIpc) is 2.93. The maximum absolute atomic E-state index is 12.1. The van der Waals surface area contributed by atoms with E-state index >= 15 is 0 Å². The summed E-state index contributed by atoms with van der Waals surface area (Å²) in [6.07, 6.45) is 1.60. The largest absolute Gasteiger partial charge is 0.504 e. The number of benzene rings is 1. The van der Waals surface area contributed by atoms with Crippen LogP contribution in [0.2, 0.25) is 0 Å². The van der Waals surface area contributed by atoms with Crippen molar-refractivity contribution in [3.8, 4) is 11.5 Å².